The molecule has 1 fully saturated rings. The fourth-order valence-corrected chi connectivity index (χ4v) is 3.04. The zero-order valence-electron chi connectivity index (χ0n) is 14.1. The van der Waals surface area contributed by atoms with Gasteiger partial charge in [-0.25, -0.2) is 0 Å². The third-order valence-corrected chi connectivity index (χ3v) is 4.03. The van der Waals surface area contributed by atoms with Gasteiger partial charge in [-0.3, -0.25) is 4.68 Å². The van der Waals surface area contributed by atoms with Crippen LogP contribution in [0.5, 0.6) is 0 Å². The molecular weight excluding hydrogens is 264 g/mol. The highest BCUT2D eigenvalue weighted by Crippen LogP contribution is 2.24. The number of nitrogens with zero attached hydrogens (tertiary/aromatic N) is 3. The predicted octanol–water partition coefficient (Wildman–Crippen LogP) is 2.09. The Morgan fingerprint density at radius 2 is 2.24 bits per heavy atom. The van der Waals surface area contributed by atoms with Crippen LogP contribution in [0.3, 0.4) is 0 Å². The third-order valence-electron chi connectivity index (χ3n) is 4.03. The molecule has 1 aromatic heterocycles. The van der Waals surface area contributed by atoms with E-state index < -0.39 is 0 Å². The molecule has 21 heavy (non-hydrogen) atoms. The normalized spacial score (nSPS) is 18.7. The fraction of sp³-hybridized carbons (Fsp3) is 0.812. The summed E-state index contributed by atoms with van der Waals surface area (Å²) in [5, 5.41) is 8.13. The first-order valence-corrected chi connectivity index (χ1v) is 8.05. The number of hydrogen-bond acceptors (Lipinski definition) is 4. The van der Waals surface area contributed by atoms with Crippen LogP contribution in [0.25, 0.3) is 0 Å². The number of aryl methyl sites for hydroxylation is 2. The second-order valence-electron chi connectivity index (χ2n) is 6.55. The summed E-state index contributed by atoms with van der Waals surface area (Å²) >= 11 is 0. The molecule has 0 aliphatic carbocycles. The second kappa shape index (κ2) is 7.27. The third kappa shape index (κ3) is 4.20. The van der Waals surface area contributed by atoms with Gasteiger partial charge < -0.3 is 15.0 Å². The van der Waals surface area contributed by atoms with E-state index in [2.05, 4.69) is 43.1 Å². The van der Waals surface area contributed by atoms with Crippen LogP contribution in [0.2, 0.25) is 0 Å². The van der Waals surface area contributed by atoms with Crippen molar-refractivity contribution in [2.24, 2.45) is 13.0 Å². The second-order valence-corrected chi connectivity index (χ2v) is 6.55. The van der Waals surface area contributed by atoms with E-state index in [4.69, 9.17) is 4.74 Å². The van der Waals surface area contributed by atoms with Crippen LogP contribution in [-0.2, 0) is 18.3 Å². The summed E-state index contributed by atoms with van der Waals surface area (Å²) in [7, 11) is 4.17. The average Bonchev–Trinajstić information content (AvgIpc) is 2.98. The Morgan fingerprint density at radius 1 is 1.48 bits per heavy atom. The summed E-state index contributed by atoms with van der Waals surface area (Å²) in [6, 6.07) is 0. The minimum atomic E-state index is 0.363. The molecule has 0 radical (unpaired) electrons. The molecule has 5 heteroatoms. The van der Waals surface area contributed by atoms with Gasteiger partial charge in [0, 0.05) is 39.4 Å². The average molecular weight is 294 g/mol. The van der Waals surface area contributed by atoms with Gasteiger partial charge in [0.05, 0.1) is 11.8 Å². The van der Waals surface area contributed by atoms with Gasteiger partial charge in [0.1, 0.15) is 5.82 Å². The van der Waals surface area contributed by atoms with E-state index in [9.17, 15) is 0 Å². The topological polar surface area (TPSA) is 42.3 Å². The van der Waals surface area contributed by atoms with Crippen molar-refractivity contribution in [3.63, 3.8) is 0 Å². The molecule has 1 atom stereocenters. The van der Waals surface area contributed by atoms with Crippen LogP contribution in [0, 0.1) is 12.8 Å². The summed E-state index contributed by atoms with van der Waals surface area (Å²) in [6.07, 6.45) is 2.72. The van der Waals surface area contributed by atoms with Gasteiger partial charge in [-0.15, -0.1) is 0 Å². The highest BCUT2D eigenvalue weighted by molar-refractivity contribution is 5.49. The van der Waals surface area contributed by atoms with Crippen molar-refractivity contribution >= 4 is 5.82 Å². The zero-order valence-corrected chi connectivity index (χ0v) is 14.1. The van der Waals surface area contributed by atoms with Gasteiger partial charge in [-0.2, -0.15) is 5.10 Å². The lowest BCUT2D eigenvalue weighted by molar-refractivity contribution is 0.116. The standard InChI is InChI=1S/C16H30N4O/c1-12(2)9-17-10-15-13(3)18-20(5)16(15)19(4)11-14-7-6-8-21-14/h12,14,17H,6-11H2,1-5H3. The molecule has 1 N–H and O–H groups in total. The van der Waals surface area contributed by atoms with Crippen LogP contribution in [0.1, 0.15) is 37.9 Å². The molecule has 1 saturated heterocycles. The van der Waals surface area contributed by atoms with Gasteiger partial charge in [-0.05, 0) is 32.2 Å². The molecule has 0 amide bonds. The van der Waals surface area contributed by atoms with Crippen LogP contribution in [-0.4, -0.2) is 42.6 Å². The van der Waals surface area contributed by atoms with Crippen LogP contribution in [0.15, 0.2) is 0 Å². The smallest absolute Gasteiger partial charge is 0.131 e. The summed E-state index contributed by atoms with van der Waals surface area (Å²) < 4.78 is 7.75. The number of anilines is 1. The van der Waals surface area contributed by atoms with Gasteiger partial charge >= 0.3 is 0 Å². The maximum absolute atomic E-state index is 5.76. The Labute approximate surface area is 128 Å². The summed E-state index contributed by atoms with van der Waals surface area (Å²) in [5.74, 6) is 1.87. The fourth-order valence-electron chi connectivity index (χ4n) is 3.04. The van der Waals surface area contributed by atoms with E-state index in [1.54, 1.807) is 0 Å². The number of rotatable bonds is 7. The van der Waals surface area contributed by atoms with E-state index in [0.29, 0.717) is 12.0 Å². The largest absolute Gasteiger partial charge is 0.376 e. The Hall–Kier alpha value is -1.07. The number of hydrogen-bond donors (Lipinski definition) is 1. The van der Waals surface area contributed by atoms with Crippen molar-refractivity contribution in [1.82, 2.24) is 15.1 Å². The first-order valence-electron chi connectivity index (χ1n) is 8.05. The Kier molecular flexibility index (Phi) is 5.65. The molecule has 0 aromatic carbocycles. The summed E-state index contributed by atoms with van der Waals surface area (Å²) in [4.78, 5) is 2.29. The van der Waals surface area contributed by atoms with E-state index >= 15 is 0 Å². The molecule has 1 aliphatic heterocycles. The van der Waals surface area contributed by atoms with Gasteiger partial charge in [0.2, 0.25) is 0 Å². The molecule has 120 valence electrons. The molecule has 2 rings (SSSR count). The van der Waals surface area contributed by atoms with E-state index in [1.165, 1.54) is 24.2 Å². The quantitative estimate of drug-likeness (QED) is 0.836. The lowest BCUT2D eigenvalue weighted by Crippen LogP contribution is -2.31. The first-order chi connectivity index (χ1) is 9.99. The Morgan fingerprint density at radius 3 is 2.86 bits per heavy atom. The van der Waals surface area contributed by atoms with Crippen LogP contribution in [0.4, 0.5) is 5.82 Å². The van der Waals surface area contributed by atoms with Crippen molar-refractivity contribution in [1.29, 1.82) is 0 Å². The zero-order chi connectivity index (χ0) is 15.4. The van der Waals surface area contributed by atoms with Crippen molar-refractivity contribution < 1.29 is 4.74 Å². The molecule has 1 aliphatic rings. The summed E-state index contributed by atoms with van der Waals surface area (Å²) in [6.45, 7) is 10.3. The van der Waals surface area contributed by atoms with Crippen LogP contribution < -0.4 is 10.2 Å². The summed E-state index contributed by atoms with van der Waals surface area (Å²) in [5.41, 5.74) is 2.42. The minimum absolute atomic E-state index is 0.363. The molecule has 0 bridgehead atoms. The molecule has 0 spiro atoms. The van der Waals surface area contributed by atoms with Crippen LogP contribution >= 0.6 is 0 Å². The molecule has 1 aromatic rings. The van der Waals surface area contributed by atoms with Gasteiger partial charge in [-0.1, -0.05) is 13.8 Å². The van der Waals surface area contributed by atoms with E-state index in [0.717, 1.165) is 31.9 Å². The first kappa shape index (κ1) is 16.3. The highest BCUT2D eigenvalue weighted by Gasteiger charge is 2.22. The predicted molar refractivity (Wildman–Crippen MR) is 86.7 cm³/mol. The van der Waals surface area contributed by atoms with E-state index in [-0.39, 0.29) is 0 Å². The van der Waals surface area contributed by atoms with Gasteiger partial charge in [0.15, 0.2) is 0 Å². The van der Waals surface area contributed by atoms with Crippen molar-refractivity contribution in [3.05, 3.63) is 11.3 Å². The number of ether oxygens (including phenoxy) is 1. The lowest BCUT2D eigenvalue weighted by atomic mass is 10.2. The highest BCUT2D eigenvalue weighted by atomic mass is 16.5. The number of likely N-dealkylation sites (N-methyl/N-ethyl adjacent to an activating group) is 1. The number of aromatic nitrogens is 2. The lowest BCUT2D eigenvalue weighted by Gasteiger charge is -2.24. The van der Waals surface area contributed by atoms with Crippen molar-refractivity contribution in [3.8, 4) is 0 Å². The maximum atomic E-state index is 5.76. The monoisotopic (exact) mass is 294 g/mol. The van der Waals surface area contributed by atoms with Crippen molar-refractivity contribution in [2.75, 3.05) is 31.6 Å². The molecule has 1 unspecified atom stereocenters. The molecule has 0 saturated carbocycles. The SMILES string of the molecule is Cc1nn(C)c(N(C)CC2CCCO2)c1CNCC(C)C. The van der Waals surface area contributed by atoms with Gasteiger partial charge in [0.25, 0.3) is 0 Å². The molecular formula is C16H30N4O. The molecule has 5 nitrogen and oxygen atoms in total. The minimum Gasteiger partial charge on any atom is -0.376 e. The molecule has 2 heterocycles. The maximum Gasteiger partial charge on any atom is 0.131 e. The van der Waals surface area contributed by atoms with Crippen molar-refractivity contribution in [2.45, 2.75) is 46.3 Å². The Balaban J connectivity index is 2.05. The van der Waals surface area contributed by atoms with E-state index in [1.807, 2.05) is 11.7 Å². The number of nitrogens with one attached hydrogen (secondary N) is 1. The Bertz CT molecular complexity index is 449.